The van der Waals surface area contributed by atoms with E-state index in [0.717, 1.165) is 0 Å². The van der Waals surface area contributed by atoms with E-state index in [4.69, 9.17) is 10.5 Å². The Morgan fingerprint density at radius 3 is 2.00 bits per heavy atom. The third kappa shape index (κ3) is 1.79. The molecular weight excluding hydrogens is 100 g/mol. The van der Waals surface area contributed by atoms with Crippen molar-refractivity contribution in [1.82, 2.24) is 0 Å². The molecule has 0 aromatic carbocycles. The number of allylic oxidation sites excluding steroid dienone is 3. The van der Waals surface area contributed by atoms with Crippen LogP contribution >= 0.6 is 0 Å². The first kappa shape index (κ1) is 6.46. The second-order valence-electron chi connectivity index (χ2n) is 1.04. The summed E-state index contributed by atoms with van der Waals surface area (Å²) in [4.78, 5) is 0. The van der Waals surface area contributed by atoms with Gasteiger partial charge in [-0.3, -0.25) is 0 Å². The summed E-state index contributed by atoms with van der Waals surface area (Å²) in [6, 6.07) is 3.36. The van der Waals surface area contributed by atoms with Crippen molar-refractivity contribution in [2.45, 2.75) is 0 Å². The summed E-state index contributed by atoms with van der Waals surface area (Å²) in [7, 11) is 0. The van der Waals surface area contributed by atoms with Gasteiger partial charge in [0.05, 0.1) is 0 Å². The van der Waals surface area contributed by atoms with E-state index >= 15 is 0 Å². The molecule has 0 fully saturated rings. The minimum Gasteiger partial charge on any atom is -0.192 e. The maximum Gasteiger partial charge on any atom is 0.129 e. The predicted octanol–water partition coefficient (Wildman–Crippen LogP) is 1.15. The summed E-state index contributed by atoms with van der Waals surface area (Å²) in [5.74, 6) is 0. The fourth-order valence-electron chi connectivity index (χ4n) is 0.217. The lowest BCUT2D eigenvalue weighted by Gasteiger charge is -1.69. The molecule has 0 saturated carbocycles. The molecule has 0 N–H and O–H groups in total. The average Bonchev–Trinajstić information content (AvgIpc) is 1.83. The minimum atomic E-state index is 0.0833. The van der Waals surface area contributed by atoms with Crippen molar-refractivity contribution in [3.05, 3.63) is 24.3 Å². The van der Waals surface area contributed by atoms with Crippen LogP contribution in [0, 0.1) is 22.7 Å². The van der Waals surface area contributed by atoms with Crippen molar-refractivity contribution in [2.75, 3.05) is 0 Å². The maximum absolute atomic E-state index is 8.07. The average molecular weight is 104 g/mol. The van der Waals surface area contributed by atoms with Gasteiger partial charge in [-0.2, -0.15) is 10.5 Å². The number of hydrogen-bond donors (Lipinski definition) is 0. The zero-order chi connectivity index (χ0) is 6.41. The van der Waals surface area contributed by atoms with E-state index in [9.17, 15) is 0 Å². The van der Waals surface area contributed by atoms with E-state index < -0.39 is 0 Å². The highest BCUT2D eigenvalue weighted by molar-refractivity contribution is 5.37. The lowest BCUT2D eigenvalue weighted by molar-refractivity contribution is 1.46. The quantitative estimate of drug-likeness (QED) is 0.370. The van der Waals surface area contributed by atoms with Gasteiger partial charge in [0.2, 0.25) is 0 Å². The summed E-state index contributed by atoms with van der Waals surface area (Å²) in [5.41, 5.74) is 0.0833. The van der Waals surface area contributed by atoms with Gasteiger partial charge in [-0.15, -0.1) is 0 Å². The van der Waals surface area contributed by atoms with Crippen molar-refractivity contribution in [3.8, 4) is 12.1 Å². The van der Waals surface area contributed by atoms with Gasteiger partial charge in [-0.1, -0.05) is 12.7 Å². The van der Waals surface area contributed by atoms with Crippen molar-refractivity contribution < 1.29 is 0 Å². The van der Waals surface area contributed by atoms with Crippen LogP contribution in [0.2, 0.25) is 0 Å². The first-order valence-corrected chi connectivity index (χ1v) is 1.98. The Hall–Kier alpha value is -1.54. The smallest absolute Gasteiger partial charge is 0.129 e. The third-order valence-corrected chi connectivity index (χ3v) is 0.525. The SMILES string of the molecule is C=CC=C(C#N)C#N. The summed E-state index contributed by atoms with van der Waals surface area (Å²) in [6.45, 7) is 3.32. The molecule has 0 aliphatic rings. The van der Waals surface area contributed by atoms with E-state index in [2.05, 4.69) is 6.58 Å². The molecule has 0 aromatic heterocycles. The van der Waals surface area contributed by atoms with Gasteiger partial charge >= 0.3 is 0 Å². The third-order valence-electron chi connectivity index (χ3n) is 0.525. The van der Waals surface area contributed by atoms with Crippen LogP contribution in [0.15, 0.2) is 24.3 Å². The molecule has 0 spiro atoms. The molecule has 0 saturated heterocycles. The fraction of sp³-hybridized carbons (Fsp3) is 0. The molecule has 0 unspecified atom stereocenters. The van der Waals surface area contributed by atoms with Crippen LogP contribution < -0.4 is 0 Å². The second kappa shape index (κ2) is 3.64. The Balaban J connectivity index is 4.20. The first-order chi connectivity index (χ1) is 3.85. The van der Waals surface area contributed by atoms with E-state index in [1.54, 1.807) is 12.1 Å². The number of rotatable bonds is 1. The molecule has 0 amide bonds. The Labute approximate surface area is 48.0 Å². The topological polar surface area (TPSA) is 47.6 Å². The van der Waals surface area contributed by atoms with Crippen molar-refractivity contribution in [3.63, 3.8) is 0 Å². The molecule has 0 rings (SSSR count). The largest absolute Gasteiger partial charge is 0.192 e. The Bertz CT molecular complexity index is 172. The van der Waals surface area contributed by atoms with Crippen LogP contribution in [-0.2, 0) is 0 Å². The lowest BCUT2D eigenvalue weighted by atomic mass is 10.3. The zero-order valence-corrected chi connectivity index (χ0v) is 4.26. The molecule has 0 aliphatic heterocycles. The van der Waals surface area contributed by atoms with E-state index in [-0.39, 0.29) is 5.57 Å². The predicted molar refractivity (Wildman–Crippen MR) is 29.5 cm³/mol. The second-order valence-corrected chi connectivity index (χ2v) is 1.04. The van der Waals surface area contributed by atoms with Crippen LogP contribution in [-0.4, -0.2) is 0 Å². The molecule has 0 aliphatic carbocycles. The molecule has 2 nitrogen and oxygen atoms in total. The highest BCUT2D eigenvalue weighted by Gasteiger charge is 1.83. The van der Waals surface area contributed by atoms with Gasteiger partial charge in [0.15, 0.2) is 0 Å². The van der Waals surface area contributed by atoms with Gasteiger partial charge in [-0.25, -0.2) is 0 Å². The molecule has 0 bridgehead atoms. The molecular formula is C6H4N2. The molecule has 0 atom stereocenters. The highest BCUT2D eigenvalue weighted by atomic mass is 14.3. The van der Waals surface area contributed by atoms with Crippen LogP contribution in [0.5, 0.6) is 0 Å². The van der Waals surface area contributed by atoms with E-state index in [1.807, 2.05) is 0 Å². The molecule has 0 radical (unpaired) electrons. The van der Waals surface area contributed by atoms with Crippen LogP contribution in [0.3, 0.4) is 0 Å². The molecule has 8 heavy (non-hydrogen) atoms. The number of nitrogens with zero attached hydrogens (tertiary/aromatic N) is 2. The highest BCUT2D eigenvalue weighted by Crippen LogP contribution is 1.86. The minimum absolute atomic E-state index is 0.0833. The zero-order valence-electron chi connectivity index (χ0n) is 4.26. The standard InChI is InChI=1S/C6H4N2/c1-2-3-6(4-7)5-8/h2-3H,1H2. The normalized spacial score (nSPS) is 5.75. The summed E-state index contributed by atoms with van der Waals surface area (Å²) >= 11 is 0. The fourth-order valence-corrected chi connectivity index (χ4v) is 0.217. The molecule has 0 heterocycles. The first-order valence-electron chi connectivity index (χ1n) is 1.98. The van der Waals surface area contributed by atoms with Crippen molar-refractivity contribution in [1.29, 1.82) is 10.5 Å². The van der Waals surface area contributed by atoms with Gasteiger partial charge in [0, 0.05) is 0 Å². The van der Waals surface area contributed by atoms with Crippen LogP contribution in [0.4, 0.5) is 0 Å². The maximum atomic E-state index is 8.07. The Morgan fingerprint density at radius 1 is 1.38 bits per heavy atom. The molecule has 0 aromatic rings. The number of nitriles is 2. The molecule has 2 heteroatoms. The molecule has 38 valence electrons. The summed E-state index contributed by atoms with van der Waals surface area (Å²) in [6.07, 6.45) is 2.77. The van der Waals surface area contributed by atoms with Crippen LogP contribution in [0.25, 0.3) is 0 Å². The lowest BCUT2D eigenvalue weighted by Crippen LogP contribution is -1.65. The van der Waals surface area contributed by atoms with Crippen molar-refractivity contribution >= 4 is 0 Å². The number of hydrogen-bond acceptors (Lipinski definition) is 2. The van der Waals surface area contributed by atoms with Crippen molar-refractivity contribution in [2.24, 2.45) is 0 Å². The van der Waals surface area contributed by atoms with Crippen LogP contribution in [0.1, 0.15) is 0 Å². The van der Waals surface area contributed by atoms with E-state index in [1.165, 1.54) is 12.2 Å². The summed E-state index contributed by atoms with van der Waals surface area (Å²) in [5, 5.41) is 16.1. The summed E-state index contributed by atoms with van der Waals surface area (Å²) < 4.78 is 0. The van der Waals surface area contributed by atoms with E-state index in [0.29, 0.717) is 0 Å². The van der Waals surface area contributed by atoms with Gasteiger partial charge < -0.3 is 0 Å². The monoisotopic (exact) mass is 104 g/mol. The van der Waals surface area contributed by atoms with Gasteiger partial charge in [0.1, 0.15) is 17.7 Å². The van der Waals surface area contributed by atoms with Gasteiger partial charge in [-0.05, 0) is 6.08 Å². The van der Waals surface area contributed by atoms with Gasteiger partial charge in [0.25, 0.3) is 0 Å². The Morgan fingerprint density at radius 2 is 1.88 bits per heavy atom. The Kier molecular flexibility index (Phi) is 2.94.